The first-order valence-corrected chi connectivity index (χ1v) is 5.61. The Bertz CT molecular complexity index is 355. The molecule has 0 saturated carbocycles. The molecular formula is C11H17N3OS. The quantitative estimate of drug-likeness (QED) is 0.582. The first kappa shape index (κ1) is 12.9. The zero-order chi connectivity index (χ0) is 12.0. The molecule has 0 saturated heterocycles. The number of hydrogen-bond donors (Lipinski definition) is 2. The van der Waals surface area contributed by atoms with E-state index in [1.165, 1.54) is 0 Å². The standard InChI is InChI=1S/C11H17N3OS/c1-8(2)15-6-5-14-10-7-9(11(12)16)3-4-13-10/h3-4,7-8H,5-6H2,1-2H3,(H2,12,16)(H,13,14). The highest BCUT2D eigenvalue weighted by Crippen LogP contribution is 2.06. The third-order valence-corrected chi connectivity index (χ3v) is 2.14. The highest BCUT2D eigenvalue weighted by Gasteiger charge is 1.99. The van der Waals surface area contributed by atoms with Crippen molar-refractivity contribution in [1.82, 2.24) is 4.98 Å². The summed E-state index contributed by atoms with van der Waals surface area (Å²) in [5.74, 6) is 0.762. The molecule has 1 heterocycles. The van der Waals surface area contributed by atoms with E-state index in [9.17, 15) is 0 Å². The van der Waals surface area contributed by atoms with Gasteiger partial charge in [-0.25, -0.2) is 4.98 Å². The lowest BCUT2D eigenvalue weighted by Gasteiger charge is -2.09. The molecular weight excluding hydrogens is 222 g/mol. The summed E-state index contributed by atoms with van der Waals surface area (Å²) in [6.07, 6.45) is 1.93. The Balaban J connectivity index is 2.42. The molecule has 5 heteroatoms. The van der Waals surface area contributed by atoms with Crippen molar-refractivity contribution >= 4 is 23.0 Å². The predicted octanol–water partition coefficient (Wildman–Crippen LogP) is 1.55. The van der Waals surface area contributed by atoms with E-state index in [2.05, 4.69) is 10.3 Å². The van der Waals surface area contributed by atoms with E-state index in [1.54, 1.807) is 12.3 Å². The predicted molar refractivity (Wildman–Crippen MR) is 69.7 cm³/mol. The van der Waals surface area contributed by atoms with Crippen LogP contribution in [0.2, 0.25) is 0 Å². The summed E-state index contributed by atoms with van der Waals surface area (Å²) in [7, 11) is 0. The van der Waals surface area contributed by atoms with Crippen molar-refractivity contribution in [2.45, 2.75) is 20.0 Å². The largest absolute Gasteiger partial charge is 0.389 e. The monoisotopic (exact) mass is 239 g/mol. The summed E-state index contributed by atoms with van der Waals surface area (Å²) in [6.45, 7) is 5.38. The van der Waals surface area contributed by atoms with Crippen LogP contribution in [0.5, 0.6) is 0 Å². The number of nitrogens with one attached hydrogen (secondary N) is 1. The van der Waals surface area contributed by atoms with Crippen LogP contribution in [0.15, 0.2) is 18.3 Å². The highest BCUT2D eigenvalue weighted by atomic mass is 32.1. The third kappa shape index (κ3) is 4.55. The number of nitrogens with two attached hydrogens (primary N) is 1. The molecule has 0 spiro atoms. The molecule has 0 amide bonds. The van der Waals surface area contributed by atoms with Gasteiger partial charge in [-0.2, -0.15) is 0 Å². The summed E-state index contributed by atoms with van der Waals surface area (Å²) in [5.41, 5.74) is 6.35. The number of pyridine rings is 1. The van der Waals surface area contributed by atoms with Gasteiger partial charge in [0.25, 0.3) is 0 Å². The highest BCUT2D eigenvalue weighted by molar-refractivity contribution is 7.80. The molecule has 1 aromatic rings. The Kier molecular flexibility index (Phi) is 5.14. The molecule has 0 aliphatic heterocycles. The van der Waals surface area contributed by atoms with Crippen molar-refractivity contribution in [3.63, 3.8) is 0 Å². The fourth-order valence-corrected chi connectivity index (χ4v) is 1.28. The van der Waals surface area contributed by atoms with E-state index in [-0.39, 0.29) is 6.10 Å². The molecule has 0 aliphatic carbocycles. The topological polar surface area (TPSA) is 60.2 Å². The van der Waals surface area contributed by atoms with Gasteiger partial charge in [-0.15, -0.1) is 0 Å². The van der Waals surface area contributed by atoms with Crippen LogP contribution in [0.1, 0.15) is 19.4 Å². The Morgan fingerprint density at radius 3 is 3.00 bits per heavy atom. The van der Waals surface area contributed by atoms with E-state index in [1.807, 2.05) is 19.9 Å². The number of nitrogens with zero attached hydrogens (tertiary/aromatic N) is 1. The summed E-state index contributed by atoms with van der Waals surface area (Å²) in [5, 5.41) is 3.14. The van der Waals surface area contributed by atoms with E-state index in [0.29, 0.717) is 18.1 Å². The van der Waals surface area contributed by atoms with Crippen molar-refractivity contribution in [3.05, 3.63) is 23.9 Å². The first-order chi connectivity index (χ1) is 7.59. The maximum Gasteiger partial charge on any atom is 0.126 e. The third-order valence-electron chi connectivity index (χ3n) is 1.90. The van der Waals surface area contributed by atoms with Crippen molar-refractivity contribution in [2.24, 2.45) is 5.73 Å². The minimum Gasteiger partial charge on any atom is -0.389 e. The first-order valence-electron chi connectivity index (χ1n) is 5.21. The smallest absolute Gasteiger partial charge is 0.126 e. The molecule has 0 aromatic carbocycles. The SMILES string of the molecule is CC(C)OCCNc1cc(C(N)=S)ccn1. The Hall–Kier alpha value is -1.20. The second kappa shape index (κ2) is 6.40. The second-order valence-corrected chi connectivity index (χ2v) is 4.08. The normalized spacial score (nSPS) is 10.4. The van der Waals surface area contributed by atoms with Gasteiger partial charge in [-0.1, -0.05) is 12.2 Å². The molecule has 1 aromatic heterocycles. The van der Waals surface area contributed by atoms with Crippen LogP contribution in [0, 0.1) is 0 Å². The molecule has 0 atom stereocenters. The maximum absolute atomic E-state index is 5.53. The van der Waals surface area contributed by atoms with E-state index in [0.717, 1.165) is 11.4 Å². The Labute approximate surface area is 101 Å². The molecule has 4 nitrogen and oxygen atoms in total. The van der Waals surface area contributed by atoms with Crippen LogP contribution in [-0.2, 0) is 4.74 Å². The molecule has 0 unspecified atom stereocenters. The number of aromatic nitrogens is 1. The van der Waals surface area contributed by atoms with Crippen LogP contribution < -0.4 is 11.1 Å². The average Bonchev–Trinajstić information content (AvgIpc) is 2.24. The minimum absolute atomic E-state index is 0.248. The van der Waals surface area contributed by atoms with Gasteiger partial charge in [0.05, 0.1) is 12.7 Å². The number of rotatable bonds is 6. The van der Waals surface area contributed by atoms with Gasteiger partial charge in [0.15, 0.2) is 0 Å². The van der Waals surface area contributed by atoms with Crippen LogP contribution in [-0.4, -0.2) is 29.2 Å². The van der Waals surface area contributed by atoms with E-state index < -0.39 is 0 Å². The summed E-state index contributed by atoms with van der Waals surface area (Å²) in [6, 6.07) is 3.62. The second-order valence-electron chi connectivity index (χ2n) is 3.64. The number of thiocarbonyl (C=S) groups is 1. The van der Waals surface area contributed by atoms with E-state index in [4.69, 9.17) is 22.7 Å². The van der Waals surface area contributed by atoms with Crippen molar-refractivity contribution in [3.8, 4) is 0 Å². The average molecular weight is 239 g/mol. The van der Waals surface area contributed by atoms with Crippen LogP contribution >= 0.6 is 12.2 Å². The van der Waals surface area contributed by atoms with E-state index >= 15 is 0 Å². The van der Waals surface area contributed by atoms with Crippen LogP contribution in [0.3, 0.4) is 0 Å². The zero-order valence-electron chi connectivity index (χ0n) is 9.56. The summed E-state index contributed by atoms with van der Waals surface area (Å²) in [4.78, 5) is 4.54. The lowest BCUT2D eigenvalue weighted by atomic mass is 10.2. The number of hydrogen-bond acceptors (Lipinski definition) is 4. The fourth-order valence-electron chi connectivity index (χ4n) is 1.15. The Morgan fingerprint density at radius 2 is 2.38 bits per heavy atom. The van der Waals surface area contributed by atoms with Crippen molar-refractivity contribution in [2.75, 3.05) is 18.5 Å². The van der Waals surface area contributed by atoms with Crippen molar-refractivity contribution < 1.29 is 4.74 Å². The molecule has 88 valence electrons. The van der Waals surface area contributed by atoms with Gasteiger partial charge < -0.3 is 15.8 Å². The summed E-state index contributed by atoms with van der Waals surface area (Å²) >= 11 is 4.89. The minimum atomic E-state index is 0.248. The number of anilines is 1. The molecule has 0 fully saturated rings. The molecule has 0 radical (unpaired) electrons. The number of ether oxygens (including phenoxy) is 1. The molecule has 0 bridgehead atoms. The molecule has 16 heavy (non-hydrogen) atoms. The molecule has 3 N–H and O–H groups in total. The van der Waals surface area contributed by atoms with Gasteiger partial charge in [0.1, 0.15) is 10.8 Å². The fraction of sp³-hybridized carbons (Fsp3) is 0.455. The molecule has 1 rings (SSSR count). The molecule has 0 aliphatic rings. The lowest BCUT2D eigenvalue weighted by molar-refractivity contribution is 0.0870. The van der Waals surface area contributed by atoms with Crippen LogP contribution in [0.4, 0.5) is 5.82 Å². The Morgan fingerprint density at radius 1 is 1.62 bits per heavy atom. The lowest BCUT2D eigenvalue weighted by Crippen LogP contribution is -2.15. The van der Waals surface area contributed by atoms with Gasteiger partial charge >= 0.3 is 0 Å². The van der Waals surface area contributed by atoms with Gasteiger partial charge in [-0.3, -0.25) is 0 Å². The zero-order valence-corrected chi connectivity index (χ0v) is 10.4. The van der Waals surface area contributed by atoms with Gasteiger partial charge in [-0.05, 0) is 26.0 Å². The van der Waals surface area contributed by atoms with Crippen molar-refractivity contribution in [1.29, 1.82) is 0 Å². The van der Waals surface area contributed by atoms with Gasteiger partial charge in [0, 0.05) is 18.3 Å². The van der Waals surface area contributed by atoms with Crippen LogP contribution in [0.25, 0.3) is 0 Å². The van der Waals surface area contributed by atoms with Gasteiger partial charge in [0.2, 0.25) is 0 Å². The summed E-state index contributed by atoms with van der Waals surface area (Å²) < 4.78 is 5.40. The maximum atomic E-state index is 5.53.